The van der Waals surface area contributed by atoms with Crippen LogP contribution in [0, 0.1) is 0 Å². The van der Waals surface area contributed by atoms with Gasteiger partial charge in [-0.1, -0.05) is 13.0 Å². The van der Waals surface area contributed by atoms with Gasteiger partial charge in [-0.15, -0.1) is 11.3 Å². The van der Waals surface area contributed by atoms with E-state index in [9.17, 15) is 9.90 Å². The van der Waals surface area contributed by atoms with Gasteiger partial charge >= 0.3 is 0 Å². The molecule has 1 aliphatic heterocycles. The number of carbonyl (C=O) groups is 1. The number of carbonyl (C=O) groups excluding carboxylic acids is 1. The smallest absolute Gasteiger partial charge is 0.237 e. The van der Waals surface area contributed by atoms with Crippen LogP contribution in [0.1, 0.15) is 43.7 Å². The van der Waals surface area contributed by atoms with Crippen molar-refractivity contribution in [3.63, 3.8) is 0 Å². The molecule has 34 heavy (non-hydrogen) atoms. The minimum absolute atomic E-state index is 0.0570. The molecule has 0 aliphatic carbocycles. The topological polar surface area (TPSA) is 71.5 Å². The van der Waals surface area contributed by atoms with Crippen LogP contribution in [0.5, 0.6) is 11.5 Å². The van der Waals surface area contributed by atoms with Crippen molar-refractivity contribution in [3.8, 4) is 11.5 Å². The fourth-order valence-corrected chi connectivity index (χ4v) is 5.16. The largest absolute Gasteiger partial charge is 0.497 e. The molecular formula is C26H38N2O5S. The van der Waals surface area contributed by atoms with Gasteiger partial charge in [0.25, 0.3) is 0 Å². The number of hydrogen-bond donors (Lipinski definition) is 1. The van der Waals surface area contributed by atoms with Crippen LogP contribution in [0.4, 0.5) is 0 Å². The predicted octanol–water partition coefficient (Wildman–Crippen LogP) is 3.76. The number of thiophene rings is 1. The van der Waals surface area contributed by atoms with Gasteiger partial charge in [0, 0.05) is 24.0 Å². The van der Waals surface area contributed by atoms with Crippen LogP contribution in [-0.2, 0) is 16.0 Å². The Kier molecular flexibility index (Phi) is 10.2. The number of rotatable bonds is 13. The molecule has 1 aromatic heterocycles. The summed E-state index contributed by atoms with van der Waals surface area (Å²) < 4.78 is 17.0. The molecule has 7 nitrogen and oxygen atoms in total. The first-order chi connectivity index (χ1) is 16.4. The van der Waals surface area contributed by atoms with Crippen molar-refractivity contribution < 1.29 is 24.1 Å². The summed E-state index contributed by atoms with van der Waals surface area (Å²) in [4.78, 5) is 18.8. The maximum atomic E-state index is 13.5. The van der Waals surface area contributed by atoms with Crippen molar-refractivity contribution in [2.24, 2.45) is 0 Å². The Balaban J connectivity index is 1.68. The SMILES string of the molecule is CCCN(CC(=O)N1CCc2sccc2C1COc1cccc(OC)c1)CC(O)COC(C)C. The molecule has 0 radical (unpaired) electrons. The Hall–Kier alpha value is -2.13. The number of fused-ring (bicyclic) bond motifs is 1. The number of nitrogens with zero attached hydrogens (tertiary/aromatic N) is 2. The molecule has 0 saturated heterocycles. The van der Waals surface area contributed by atoms with E-state index in [-0.39, 0.29) is 31.2 Å². The summed E-state index contributed by atoms with van der Waals surface area (Å²) in [6.45, 7) is 8.71. The summed E-state index contributed by atoms with van der Waals surface area (Å²) in [6, 6.07) is 9.48. The standard InChI is InChI=1S/C26H38N2O5S/c1-5-11-27(15-20(29)17-32-19(2)3)16-26(30)28-12-9-25-23(10-13-34-25)24(28)18-33-22-8-6-7-21(14-22)31-4/h6-8,10,13-14,19-20,24,29H,5,9,11-12,15-18H2,1-4H3. The highest BCUT2D eigenvalue weighted by molar-refractivity contribution is 7.10. The quantitative estimate of drug-likeness (QED) is 0.461. The monoisotopic (exact) mass is 490 g/mol. The number of amides is 1. The van der Waals surface area contributed by atoms with E-state index in [0.717, 1.165) is 30.9 Å². The molecule has 8 heteroatoms. The highest BCUT2D eigenvalue weighted by atomic mass is 32.1. The average Bonchev–Trinajstić information content (AvgIpc) is 3.30. The van der Waals surface area contributed by atoms with Crippen LogP contribution < -0.4 is 9.47 Å². The minimum Gasteiger partial charge on any atom is -0.497 e. The van der Waals surface area contributed by atoms with Gasteiger partial charge in [-0.25, -0.2) is 0 Å². The molecule has 3 rings (SSSR count). The van der Waals surface area contributed by atoms with Crippen molar-refractivity contribution in [2.45, 2.75) is 51.9 Å². The summed E-state index contributed by atoms with van der Waals surface area (Å²) in [5.41, 5.74) is 1.17. The molecule has 2 unspecified atom stereocenters. The molecule has 188 valence electrons. The minimum atomic E-state index is -0.626. The lowest BCUT2D eigenvalue weighted by Gasteiger charge is -2.37. The average molecular weight is 491 g/mol. The molecule has 0 spiro atoms. The Labute approximate surface area is 207 Å². The van der Waals surface area contributed by atoms with Gasteiger partial charge in [-0.2, -0.15) is 0 Å². The van der Waals surface area contributed by atoms with E-state index in [4.69, 9.17) is 14.2 Å². The summed E-state index contributed by atoms with van der Waals surface area (Å²) in [5, 5.41) is 12.5. The van der Waals surface area contributed by atoms with E-state index in [1.165, 1.54) is 10.4 Å². The number of ether oxygens (including phenoxy) is 3. The molecule has 2 atom stereocenters. The molecule has 0 bridgehead atoms. The summed E-state index contributed by atoms with van der Waals surface area (Å²) >= 11 is 1.74. The number of benzene rings is 1. The van der Waals surface area contributed by atoms with E-state index < -0.39 is 6.10 Å². The zero-order chi connectivity index (χ0) is 24.5. The van der Waals surface area contributed by atoms with Gasteiger partial charge in [0.1, 0.15) is 18.1 Å². The molecular weight excluding hydrogens is 452 g/mol. The highest BCUT2D eigenvalue weighted by Crippen LogP contribution is 2.34. The van der Waals surface area contributed by atoms with Crippen LogP contribution in [0.3, 0.4) is 0 Å². The molecule has 1 aliphatic rings. The van der Waals surface area contributed by atoms with Gasteiger partial charge < -0.3 is 24.2 Å². The van der Waals surface area contributed by atoms with Crippen LogP contribution in [0.15, 0.2) is 35.7 Å². The molecule has 1 amide bonds. The Bertz CT molecular complexity index is 903. The van der Waals surface area contributed by atoms with Crippen molar-refractivity contribution in [3.05, 3.63) is 46.2 Å². The molecule has 0 saturated carbocycles. The van der Waals surface area contributed by atoms with E-state index in [0.29, 0.717) is 19.7 Å². The second kappa shape index (κ2) is 13.1. The van der Waals surface area contributed by atoms with Crippen LogP contribution in [0.25, 0.3) is 0 Å². The van der Waals surface area contributed by atoms with Gasteiger partial charge in [0.15, 0.2) is 0 Å². The van der Waals surface area contributed by atoms with Crippen LogP contribution in [0.2, 0.25) is 0 Å². The van der Waals surface area contributed by atoms with Gasteiger partial charge in [-0.05, 0) is 62.4 Å². The summed E-state index contributed by atoms with van der Waals surface area (Å²) in [6.07, 6.45) is 1.20. The number of aliphatic hydroxyl groups is 1. The first-order valence-corrected chi connectivity index (χ1v) is 12.9. The zero-order valence-corrected chi connectivity index (χ0v) is 21.6. The lowest BCUT2D eigenvalue weighted by Crippen LogP contribution is -2.48. The third-order valence-corrected chi connectivity index (χ3v) is 6.85. The molecule has 1 N–H and O–H groups in total. The van der Waals surface area contributed by atoms with Gasteiger partial charge in [-0.3, -0.25) is 9.69 Å². The van der Waals surface area contributed by atoms with Crippen molar-refractivity contribution in [1.29, 1.82) is 0 Å². The second-order valence-corrected chi connectivity index (χ2v) is 9.91. The normalized spacial score (nSPS) is 16.6. The number of hydrogen-bond acceptors (Lipinski definition) is 7. The third kappa shape index (κ3) is 7.43. The zero-order valence-electron chi connectivity index (χ0n) is 20.7. The number of aliphatic hydroxyl groups excluding tert-OH is 1. The molecule has 1 aromatic carbocycles. The second-order valence-electron chi connectivity index (χ2n) is 8.91. The third-order valence-electron chi connectivity index (χ3n) is 5.85. The molecule has 2 heterocycles. The fraction of sp³-hybridized carbons (Fsp3) is 0.577. The Morgan fingerprint density at radius 3 is 2.82 bits per heavy atom. The van der Waals surface area contributed by atoms with E-state index >= 15 is 0 Å². The lowest BCUT2D eigenvalue weighted by atomic mass is 10.0. The first-order valence-electron chi connectivity index (χ1n) is 12.1. The lowest BCUT2D eigenvalue weighted by molar-refractivity contribution is -0.136. The van der Waals surface area contributed by atoms with E-state index in [2.05, 4.69) is 18.4 Å². The molecule has 2 aromatic rings. The van der Waals surface area contributed by atoms with Crippen LogP contribution >= 0.6 is 11.3 Å². The first kappa shape index (κ1) is 26.5. The predicted molar refractivity (Wildman–Crippen MR) is 135 cm³/mol. The fourth-order valence-electron chi connectivity index (χ4n) is 4.23. The molecule has 0 fully saturated rings. The maximum Gasteiger partial charge on any atom is 0.237 e. The van der Waals surface area contributed by atoms with Crippen molar-refractivity contribution >= 4 is 17.2 Å². The van der Waals surface area contributed by atoms with Crippen LogP contribution in [-0.4, -0.2) is 79.5 Å². The van der Waals surface area contributed by atoms with Gasteiger partial charge in [0.2, 0.25) is 5.91 Å². The highest BCUT2D eigenvalue weighted by Gasteiger charge is 2.33. The Morgan fingerprint density at radius 1 is 1.29 bits per heavy atom. The summed E-state index contributed by atoms with van der Waals surface area (Å²) in [7, 11) is 1.63. The van der Waals surface area contributed by atoms with E-state index in [1.54, 1.807) is 18.4 Å². The van der Waals surface area contributed by atoms with Gasteiger partial charge in [0.05, 0.1) is 38.5 Å². The van der Waals surface area contributed by atoms with Crippen molar-refractivity contribution in [1.82, 2.24) is 9.80 Å². The van der Waals surface area contributed by atoms with Crippen molar-refractivity contribution in [2.75, 3.05) is 46.5 Å². The summed E-state index contributed by atoms with van der Waals surface area (Å²) in [5.74, 6) is 1.51. The number of methoxy groups -OCH3 is 1. The Morgan fingerprint density at radius 2 is 2.09 bits per heavy atom. The van der Waals surface area contributed by atoms with E-state index in [1.807, 2.05) is 47.9 Å². The maximum absolute atomic E-state index is 13.5.